The average Bonchev–Trinajstić information content (AvgIpc) is 2.33. The average molecular weight is 310 g/mol. The Balaban J connectivity index is 3.00. The fraction of sp³-hybridized carbons (Fsp3) is 0.0909. The number of aromatic hydroxyl groups is 1. The highest BCUT2D eigenvalue weighted by Gasteiger charge is 2.05. The summed E-state index contributed by atoms with van der Waals surface area (Å²) in [6.45, 7) is 1.87. The molecule has 1 rings (SSSR count). The molecule has 0 atom stereocenters. The van der Waals surface area contributed by atoms with E-state index in [1.165, 1.54) is 12.4 Å². The van der Waals surface area contributed by atoms with Crippen LogP contribution in [0.4, 0.5) is 0 Å². The van der Waals surface area contributed by atoms with Gasteiger partial charge in [-0.2, -0.15) is 10.2 Å². The van der Waals surface area contributed by atoms with E-state index in [9.17, 15) is 5.11 Å². The minimum Gasteiger partial charge on any atom is -0.507 e. The van der Waals surface area contributed by atoms with Crippen LogP contribution in [-0.4, -0.2) is 27.8 Å². The zero-order valence-electron chi connectivity index (χ0n) is 10.6. The summed E-state index contributed by atoms with van der Waals surface area (Å²) < 4.78 is 0. The van der Waals surface area contributed by atoms with Crippen LogP contribution >= 0.6 is 24.4 Å². The van der Waals surface area contributed by atoms with Crippen molar-refractivity contribution in [2.75, 3.05) is 0 Å². The van der Waals surface area contributed by atoms with Gasteiger partial charge in [-0.15, -0.1) is 0 Å². The summed E-state index contributed by atoms with van der Waals surface area (Å²) in [4.78, 5) is 0. The van der Waals surface area contributed by atoms with Gasteiger partial charge in [-0.3, -0.25) is 10.9 Å². The monoisotopic (exact) mass is 310 g/mol. The van der Waals surface area contributed by atoms with Crippen LogP contribution in [0.1, 0.15) is 16.7 Å². The molecule has 0 radical (unpaired) electrons. The van der Waals surface area contributed by atoms with Gasteiger partial charge in [0.25, 0.3) is 0 Å². The van der Waals surface area contributed by atoms with Gasteiger partial charge in [-0.1, -0.05) is 0 Å². The largest absolute Gasteiger partial charge is 0.507 e. The number of nitrogens with zero attached hydrogens (tertiary/aromatic N) is 2. The van der Waals surface area contributed by atoms with Gasteiger partial charge in [-0.25, -0.2) is 0 Å². The van der Waals surface area contributed by atoms with Crippen LogP contribution in [0.25, 0.3) is 0 Å². The van der Waals surface area contributed by atoms with Gasteiger partial charge in [-0.05, 0) is 49.1 Å². The first kappa shape index (κ1) is 15.8. The zero-order valence-corrected chi connectivity index (χ0v) is 12.3. The Hall–Kier alpha value is -2.26. The maximum absolute atomic E-state index is 10.1. The van der Waals surface area contributed by atoms with Gasteiger partial charge in [0, 0.05) is 11.1 Å². The lowest BCUT2D eigenvalue weighted by atomic mass is 10.1. The van der Waals surface area contributed by atoms with E-state index >= 15 is 0 Å². The third-order valence-electron chi connectivity index (χ3n) is 2.07. The van der Waals surface area contributed by atoms with E-state index in [4.69, 9.17) is 11.5 Å². The Morgan fingerprint density at radius 2 is 1.50 bits per heavy atom. The van der Waals surface area contributed by atoms with E-state index in [1.54, 1.807) is 12.1 Å². The van der Waals surface area contributed by atoms with Gasteiger partial charge in [0.1, 0.15) is 5.75 Å². The predicted octanol–water partition coefficient (Wildman–Crippen LogP) is 0.0348. The van der Waals surface area contributed by atoms with Crippen LogP contribution in [0.15, 0.2) is 22.3 Å². The van der Waals surface area contributed by atoms with Gasteiger partial charge in [0.05, 0.1) is 12.4 Å². The molecule has 0 saturated heterocycles. The predicted molar refractivity (Wildman–Crippen MR) is 87.9 cm³/mol. The number of nitrogens with two attached hydrogens (primary N) is 2. The minimum atomic E-state index is 0.0116. The fourth-order valence-corrected chi connectivity index (χ4v) is 1.47. The third-order valence-corrected chi connectivity index (χ3v) is 2.25. The Kier molecular flexibility index (Phi) is 5.81. The Bertz CT molecular complexity index is 537. The molecular formula is C11H14N6OS2. The van der Waals surface area contributed by atoms with E-state index in [0.717, 1.165) is 5.56 Å². The van der Waals surface area contributed by atoms with Crippen LogP contribution in [-0.2, 0) is 0 Å². The summed E-state index contributed by atoms with van der Waals surface area (Å²) in [6, 6.07) is 3.50. The molecule has 0 bridgehead atoms. The molecule has 0 heterocycles. The van der Waals surface area contributed by atoms with Crippen molar-refractivity contribution >= 4 is 47.1 Å². The third kappa shape index (κ3) is 5.16. The quantitative estimate of drug-likeness (QED) is 0.302. The van der Waals surface area contributed by atoms with Crippen molar-refractivity contribution in [1.29, 1.82) is 0 Å². The molecule has 1 aromatic carbocycles. The number of hydrogen-bond acceptors (Lipinski definition) is 5. The molecule has 0 unspecified atom stereocenters. The smallest absolute Gasteiger partial charge is 0.184 e. The van der Waals surface area contributed by atoms with Crippen molar-refractivity contribution in [2.24, 2.45) is 21.7 Å². The molecular weight excluding hydrogens is 296 g/mol. The van der Waals surface area contributed by atoms with Crippen LogP contribution in [0.2, 0.25) is 0 Å². The lowest BCUT2D eigenvalue weighted by Gasteiger charge is -2.05. The minimum absolute atomic E-state index is 0.0116. The standard InChI is InChI=1S/C11H14N6OS2/c1-6-2-7(4-14-16-10(12)19)9(18)8(3-6)5-15-17-11(13)20/h2-5,18H,1H3,(H3,12,16,19)(H3,13,17,20)/b14-4-,15-5+. The molecule has 20 heavy (non-hydrogen) atoms. The number of benzene rings is 1. The topological polar surface area (TPSA) is 121 Å². The molecule has 0 aliphatic heterocycles. The van der Waals surface area contributed by atoms with Gasteiger partial charge >= 0.3 is 0 Å². The van der Waals surface area contributed by atoms with Crippen molar-refractivity contribution in [1.82, 2.24) is 10.9 Å². The van der Waals surface area contributed by atoms with Crippen molar-refractivity contribution < 1.29 is 5.11 Å². The Labute approximate surface area is 126 Å². The molecule has 0 aliphatic rings. The van der Waals surface area contributed by atoms with Crippen molar-refractivity contribution in [3.63, 3.8) is 0 Å². The number of nitrogens with one attached hydrogen (secondary N) is 2. The van der Waals surface area contributed by atoms with E-state index in [2.05, 4.69) is 45.5 Å². The molecule has 0 spiro atoms. The molecule has 106 valence electrons. The molecule has 0 aromatic heterocycles. The Morgan fingerprint density at radius 1 is 1.10 bits per heavy atom. The molecule has 7 nitrogen and oxygen atoms in total. The summed E-state index contributed by atoms with van der Waals surface area (Å²) in [5, 5.41) is 17.7. The molecule has 0 aliphatic carbocycles. The van der Waals surface area contributed by atoms with E-state index in [-0.39, 0.29) is 16.0 Å². The van der Waals surface area contributed by atoms with Crippen molar-refractivity contribution in [3.8, 4) is 5.75 Å². The number of hydrogen-bond donors (Lipinski definition) is 5. The summed E-state index contributed by atoms with van der Waals surface area (Å²) in [6.07, 6.45) is 2.81. The first-order chi connectivity index (χ1) is 9.40. The van der Waals surface area contributed by atoms with Crippen molar-refractivity contribution in [2.45, 2.75) is 6.92 Å². The van der Waals surface area contributed by atoms with Crippen LogP contribution in [0, 0.1) is 6.92 Å². The maximum Gasteiger partial charge on any atom is 0.184 e. The number of hydrazone groups is 2. The highest BCUT2D eigenvalue weighted by molar-refractivity contribution is 7.80. The van der Waals surface area contributed by atoms with E-state index < -0.39 is 0 Å². The summed E-state index contributed by atoms with van der Waals surface area (Å²) in [5.74, 6) is 0.0116. The first-order valence-electron chi connectivity index (χ1n) is 5.40. The summed E-state index contributed by atoms with van der Waals surface area (Å²) in [7, 11) is 0. The second-order valence-corrected chi connectivity index (χ2v) is 4.64. The Morgan fingerprint density at radius 3 is 1.85 bits per heavy atom. The number of rotatable bonds is 4. The van der Waals surface area contributed by atoms with Crippen LogP contribution < -0.4 is 22.3 Å². The van der Waals surface area contributed by atoms with Crippen molar-refractivity contribution in [3.05, 3.63) is 28.8 Å². The SMILES string of the molecule is Cc1cc(/C=N\NC(N)=S)c(O)c(/C=N/NC(N)=S)c1. The maximum atomic E-state index is 10.1. The number of phenolic OH excluding ortho intramolecular Hbond substituents is 1. The first-order valence-corrected chi connectivity index (χ1v) is 6.22. The molecule has 7 N–H and O–H groups in total. The second-order valence-electron chi connectivity index (χ2n) is 3.76. The van der Waals surface area contributed by atoms with Crippen LogP contribution in [0.3, 0.4) is 0 Å². The summed E-state index contributed by atoms with van der Waals surface area (Å²) >= 11 is 9.23. The zero-order chi connectivity index (χ0) is 15.1. The van der Waals surface area contributed by atoms with Gasteiger partial charge in [0.2, 0.25) is 0 Å². The van der Waals surface area contributed by atoms with E-state index in [0.29, 0.717) is 11.1 Å². The fourth-order valence-electron chi connectivity index (χ4n) is 1.36. The normalized spacial score (nSPS) is 10.8. The number of aryl methyl sites for hydroxylation is 1. The lowest BCUT2D eigenvalue weighted by Crippen LogP contribution is -2.24. The second kappa shape index (κ2) is 7.36. The lowest BCUT2D eigenvalue weighted by molar-refractivity contribution is 0.473. The highest BCUT2D eigenvalue weighted by atomic mass is 32.1. The molecule has 1 aromatic rings. The van der Waals surface area contributed by atoms with E-state index in [1.807, 2.05) is 6.92 Å². The molecule has 0 fully saturated rings. The highest BCUT2D eigenvalue weighted by Crippen LogP contribution is 2.21. The number of phenols is 1. The van der Waals surface area contributed by atoms with Gasteiger partial charge < -0.3 is 16.6 Å². The summed E-state index contributed by atoms with van der Waals surface area (Å²) in [5.41, 5.74) is 17.2. The molecule has 0 amide bonds. The molecule has 0 saturated carbocycles. The van der Waals surface area contributed by atoms with Gasteiger partial charge in [0.15, 0.2) is 10.2 Å². The number of thiocarbonyl (C=S) groups is 2. The molecule has 9 heteroatoms. The van der Waals surface area contributed by atoms with Crippen LogP contribution in [0.5, 0.6) is 5.75 Å².